The molecule has 27 heavy (non-hydrogen) atoms. The van der Waals surface area contributed by atoms with E-state index in [1.54, 1.807) is 37.3 Å². The number of hydrogen-bond donors (Lipinski definition) is 2. The number of hydrogen-bond acceptors (Lipinski definition) is 5. The Morgan fingerprint density at radius 2 is 2.07 bits per heavy atom. The molecule has 3 rings (SSSR count). The summed E-state index contributed by atoms with van der Waals surface area (Å²) >= 11 is 2.03. The highest BCUT2D eigenvalue weighted by Gasteiger charge is 2.26. The maximum Gasteiger partial charge on any atom is 0.253 e. The van der Waals surface area contributed by atoms with E-state index in [4.69, 9.17) is 9.84 Å². The predicted molar refractivity (Wildman–Crippen MR) is 113 cm³/mol. The molecule has 142 valence electrons. The number of fused-ring (bicyclic) bond motifs is 1. The molecule has 0 radical (unpaired) electrons. The van der Waals surface area contributed by atoms with E-state index in [9.17, 15) is 9.18 Å². The monoisotopic (exact) mass is 483 g/mol. The topological polar surface area (TPSA) is 66.7 Å². The molecule has 1 aromatic heterocycles. The van der Waals surface area contributed by atoms with Crippen molar-refractivity contribution in [2.75, 3.05) is 30.5 Å². The minimum Gasteiger partial charge on any atom is -0.489 e. The second-order valence-electron chi connectivity index (χ2n) is 6.05. The summed E-state index contributed by atoms with van der Waals surface area (Å²) in [5, 5.41) is 12.1. The number of anilines is 3. The van der Waals surface area contributed by atoms with E-state index in [0.29, 0.717) is 28.4 Å². The fourth-order valence-corrected chi connectivity index (χ4v) is 3.31. The van der Waals surface area contributed by atoms with Gasteiger partial charge in [0, 0.05) is 41.1 Å². The molecule has 0 bridgehead atoms. The van der Waals surface area contributed by atoms with Crippen molar-refractivity contribution >= 4 is 45.4 Å². The predicted octanol–water partition coefficient (Wildman–Crippen LogP) is 3.19. The van der Waals surface area contributed by atoms with Crippen molar-refractivity contribution in [3.8, 4) is 0 Å². The summed E-state index contributed by atoms with van der Waals surface area (Å²) in [6, 6.07) is 6.30. The molecule has 0 aliphatic carbocycles. The minimum atomic E-state index is -0.422. The van der Waals surface area contributed by atoms with E-state index in [2.05, 4.69) is 11.9 Å². The Hall–Kier alpha value is -2.33. The van der Waals surface area contributed by atoms with Crippen molar-refractivity contribution in [2.45, 2.75) is 0 Å². The van der Waals surface area contributed by atoms with Crippen LogP contribution in [-0.2, 0) is 11.8 Å². The van der Waals surface area contributed by atoms with Gasteiger partial charge >= 0.3 is 0 Å². The fraction of sp³-hybridized carbons (Fsp3) is 0.211. The molecule has 8 heteroatoms. The van der Waals surface area contributed by atoms with Crippen molar-refractivity contribution in [2.24, 2.45) is 7.05 Å². The molecule has 0 fully saturated rings. The molecule has 6 nitrogen and oxygen atoms in total. The molecular formula is C19H19FIN3O3. The van der Waals surface area contributed by atoms with E-state index in [1.165, 1.54) is 16.7 Å². The summed E-state index contributed by atoms with van der Waals surface area (Å²) in [4.78, 5) is 14.2. The first kappa shape index (κ1) is 19.4. The van der Waals surface area contributed by atoms with E-state index >= 15 is 0 Å². The van der Waals surface area contributed by atoms with Gasteiger partial charge in [-0.3, -0.25) is 9.36 Å². The molecular weight excluding hydrogens is 464 g/mol. The molecule has 1 aromatic carbocycles. The maximum absolute atomic E-state index is 14.4. The second-order valence-corrected chi connectivity index (χ2v) is 7.30. The van der Waals surface area contributed by atoms with Crippen molar-refractivity contribution in [1.29, 1.82) is 0 Å². The van der Waals surface area contributed by atoms with Gasteiger partial charge in [0.1, 0.15) is 24.0 Å². The lowest BCUT2D eigenvalue weighted by Crippen LogP contribution is -2.27. The van der Waals surface area contributed by atoms with Crippen LogP contribution in [0.5, 0.6) is 0 Å². The molecule has 1 aliphatic heterocycles. The number of pyridine rings is 1. The number of ether oxygens (including phenoxy) is 1. The lowest BCUT2D eigenvalue weighted by atomic mass is 10.0. The smallest absolute Gasteiger partial charge is 0.253 e. The van der Waals surface area contributed by atoms with Crippen LogP contribution >= 0.6 is 22.6 Å². The highest BCUT2D eigenvalue weighted by molar-refractivity contribution is 14.1. The van der Waals surface area contributed by atoms with Crippen LogP contribution in [0.3, 0.4) is 0 Å². The van der Waals surface area contributed by atoms with Crippen LogP contribution < -0.4 is 15.8 Å². The van der Waals surface area contributed by atoms with E-state index in [0.717, 1.165) is 3.57 Å². The Bertz CT molecular complexity index is 1000. The Balaban J connectivity index is 2.14. The molecule has 0 spiro atoms. The van der Waals surface area contributed by atoms with Gasteiger partial charge < -0.3 is 20.1 Å². The molecule has 2 N–H and O–H groups in total. The third-order valence-electron chi connectivity index (χ3n) is 4.24. The lowest BCUT2D eigenvalue weighted by molar-refractivity contribution is 0.153. The Kier molecular flexibility index (Phi) is 5.56. The van der Waals surface area contributed by atoms with Gasteiger partial charge in [0.25, 0.3) is 5.56 Å². The largest absolute Gasteiger partial charge is 0.489 e. The summed E-state index contributed by atoms with van der Waals surface area (Å²) in [7, 11) is 3.39. The summed E-state index contributed by atoms with van der Waals surface area (Å²) < 4.78 is 22.1. The third kappa shape index (κ3) is 3.72. The van der Waals surface area contributed by atoms with Crippen molar-refractivity contribution in [3.63, 3.8) is 0 Å². The van der Waals surface area contributed by atoms with Crippen LogP contribution in [-0.4, -0.2) is 29.9 Å². The number of aromatic nitrogens is 1. The van der Waals surface area contributed by atoms with Crippen molar-refractivity contribution in [1.82, 2.24) is 4.57 Å². The standard InChI is InChI=1S/C19H19FIN3O3/c1-11-16(27-7-6-25)10-23(2)15-9-17(26)24(3)19(18(11)15)22-14-5-4-12(21)8-13(14)20/h4-5,8-10,22,25H,1,6-7H2,2-3H3. The number of nitrogens with zero attached hydrogens (tertiary/aromatic N) is 2. The summed E-state index contributed by atoms with van der Waals surface area (Å²) in [5.41, 5.74) is 1.82. The lowest BCUT2D eigenvalue weighted by Gasteiger charge is -2.30. The molecule has 2 aromatic rings. The average Bonchev–Trinajstić information content (AvgIpc) is 2.62. The molecule has 0 saturated carbocycles. The third-order valence-corrected chi connectivity index (χ3v) is 4.91. The first-order chi connectivity index (χ1) is 12.8. The van der Waals surface area contributed by atoms with Crippen LogP contribution in [0.15, 0.2) is 47.6 Å². The number of benzene rings is 1. The van der Waals surface area contributed by atoms with Crippen LogP contribution in [0.1, 0.15) is 5.56 Å². The zero-order valence-electron chi connectivity index (χ0n) is 14.9. The average molecular weight is 483 g/mol. The normalized spacial score (nSPS) is 13.3. The fourth-order valence-electron chi connectivity index (χ4n) is 2.85. The maximum atomic E-state index is 14.4. The number of aliphatic hydroxyl groups excluding tert-OH is 1. The number of halogens is 2. The first-order valence-corrected chi connectivity index (χ1v) is 9.25. The summed E-state index contributed by atoms with van der Waals surface area (Å²) in [6.45, 7) is 4.07. The van der Waals surface area contributed by atoms with Crippen molar-refractivity contribution < 1.29 is 14.2 Å². The van der Waals surface area contributed by atoms with Gasteiger partial charge in [0.2, 0.25) is 0 Å². The van der Waals surface area contributed by atoms with Crippen molar-refractivity contribution in [3.05, 3.63) is 68.1 Å². The SMILES string of the molecule is C=C1C(OCCO)=CN(C)c2cc(=O)n(C)c(Nc3ccc(I)cc3F)c21. The Morgan fingerprint density at radius 3 is 2.74 bits per heavy atom. The zero-order chi connectivity index (χ0) is 19.7. The molecule has 1 aliphatic rings. The molecule has 0 amide bonds. The van der Waals surface area contributed by atoms with E-state index in [-0.39, 0.29) is 24.5 Å². The molecule has 0 atom stereocenters. The highest BCUT2D eigenvalue weighted by atomic mass is 127. The molecule has 2 heterocycles. The second kappa shape index (κ2) is 7.73. The molecule has 0 unspecified atom stereocenters. The van der Waals surface area contributed by atoms with Gasteiger partial charge in [-0.15, -0.1) is 0 Å². The van der Waals surface area contributed by atoms with Gasteiger partial charge in [-0.2, -0.15) is 0 Å². The van der Waals surface area contributed by atoms with Gasteiger partial charge in [-0.05, 0) is 40.8 Å². The van der Waals surface area contributed by atoms with E-state index < -0.39 is 5.82 Å². The quantitative estimate of drug-likeness (QED) is 0.640. The van der Waals surface area contributed by atoms with Gasteiger partial charge in [0.05, 0.1) is 18.0 Å². The van der Waals surface area contributed by atoms with Gasteiger partial charge in [-0.25, -0.2) is 4.39 Å². The summed E-state index contributed by atoms with van der Waals surface area (Å²) in [5.74, 6) is 0.463. The molecule has 0 saturated heterocycles. The van der Waals surface area contributed by atoms with Gasteiger partial charge in [-0.1, -0.05) is 6.58 Å². The minimum absolute atomic E-state index is 0.119. The summed E-state index contributed by atoms with van der Waals surface area (Å²) in [6.07, 6.45) is 1.70. The highest BCUT2D eigenvalue weighted by Crippen LogP contribution is 2.40. The van der Waals surface area contributed by atoms with Crippen LogP contribution in [0.4, 0.5) is 21.6 Å². The Labute approximate surface area is 169 Å². The number of aliphatic hydroxyl groups is 1. The number of nitrogens with one attached hydrogen (secondary N) is 1. The Morgan fingerprint density at radius 1 is 1.33 bits per heavy atom. The van der Waals surface area contributed by atoms with E-state index in [1.807, 2.05) is 22.6 Å². The number of rotatable bonds is 5. The van der Waals surface area contributed by atoms with Gasteiger partial charge in [0.15, 0.2) is 0 Å². The number of allylic oxidation sites excluding steroid dienone is 1. The first-order valence-electron chi connectivity index (χ1n) is 8.17. The zero-order valence-corrected chi connectivity index (χ0v) is 17.1. The van der Waals surface area contributed by atoms with Crippen LogP contribution in [0, 0.1) is 9.39 Å². The van der Waals surface area contributed by atoms with Crippen LogP contribution in [0.2, 0.25) is 0 Å². The van der Waals surface area contributed by atoms with Crippen LogP contribution in [0.25, 0.3) is 5.57 Å².